The lowest BCUT2D eigenvalue weighted by Crippen LogP contribution is -2.70. The highest BCUT2D eigenvalue weighted by Gasteiger charge is 2.54. The second-order valence-corrected chi connectivity index (χ2v) is 7.10. The third-order valence-electron chi connectivity index (χ3n) is 3.17. The molecule has 2 aliphatic heterocycles. The van der Waals surface area contributed by atoms with Gasteiger partial charge < -0.3 is 20.9 Å². The van der Waals surface area contributed by atoms with E-state index in [9.17, 15) is 19.5 Å². The molecule has 1 unspecified atom stereocenters. The second kappa shape index (κ2) is 5.81. The second-order valence-electron chi connectivity index (χ2n) is 6.00. The molecule has 0 aromatic carbocycles. The number of carbonyl (C=O) groups excluding carboxylic acids is 2. The van der Waals surface area contributed by atoms with E-state index in [1.807, 2.05) is 0 Å². The van der Waals surface area contributed by atoms with Crippen LogP contribution in [-0.2, 0) is 14.3 Å². The molecule has 2 rings (SSSR count). The maximum atomic E-state index is 12.2. The number of alkyl carbamates (subject to hydrolysis) is 1. The van der Waals surface area contributed by atoms with Gasteiger partial charge in [0.25, 0.3) is 5.91 Å². The van der Waals surface area contributed by atoms with Crippen LogP contribution in [0.3, 0.4) is 0 Å². The van der Waals surface area contributed by atoms with Gasteiger partial charge in [0, 0.05) is 12.3 Å². The maximum absolute atomic E-state index is 12.2. The number of carbonyl (C=O) groups is 3. The van der Waals surface area contributed by atoms with Crippen molar-refractivity contribution in [2.45, 2.75) is 37.8 Å². The topological polar surface area (TPSA) is 122 Å². The lowest BCUT2D eigenvalue weighted by atomic mass is 10.0. The largest absolute Gasteiger partial charge is 0.477 e. The molecular formula is C13H19N3O5S. The highest BCUT2D eigenvalue weighted by Crippen LogP contribution is 2.40. The van der Waals surface area contributed by atoms with Crippen LogP contribution in [0, 0.1) is 0 Å². The Balaban J connectivity index is 2.10. The zero-order valence-corrected chi connectivity index (χ0v) is 13.4. The summed E-state index contributed by atoms with van der Waals surface area (Å²) in [6.45, 7) is 5.23. The van der Waals surface area contributed by atoms with E-state index in [4.69, 9.17) is 10.5 Å². The molecule has 0 bridgehead atoms. The molecule has 2 heterocycles. The number of fused-ring (bicyclic) bond motifs is 1. The highest BCUT2D eigenvalue weighted by atomic mass is 32.2. The Morgan fingerprint density at radius 3 is 2.64 bits per heavy atom. The predicted molar refractivity (Wildman–Crippen MR) is 80.0 cm³/mol. The van der Waals surface area contributed by atoms with Gasteiger partial charge in [0.15, 0.2) is 0 Å². The molecule has 2 amide bonds. The van der Waals surface area contributed by atoms with Gasteiger partial charge in [0.1, 0.15) is 22.7 Å². The summed E-state index contributed by atoms with van der Waals surface area (Å²) in [7, 11) is 0. The van der Waals surface area contributed by atoms with Crippen LogP contribution in [0.5, 0.6) is 0 Å². The Labute approximate surface area is 132 Å². The van der Waals surface area contributed by atoms with Crippen LogP contribution in [0.2, 0.25) is 0 Å². The lowest BCUT2D eigenvalue weighted by molar-refractivity contribution is -0.149. The van der Waals surface area contributed by atoms with E-state index in [1.165, 1.54) is 16.7 Å². The smallest absolute Gasteiger partial charge is 0.408 e. The first-order valence-corrected chi connectivity index (χ1v) is 7.80. The average Bonchev–Trinajstić information content (AvgIpc) is 2.40. The van der Waals surface area contributed by atoms with Gasteiger partial charge in [-0.05, 0) is 26.3 Å². The molecule has 0 aromatic rings. The minimum Gasteiger partial charge on any atom is -0.477 e. The zero-order chi connectivity index (χ0) is 16.7. The first kappa shape index (κ1) is 16.6. The normalized spacial score (nSPS) is 24.5. The lowest BCUT2D eigenvalue weighted by Gasteiger charge is -2.49. The number of rotatable bonds is 3. The Morgan fingerprint density at radius 1 is 1.50 bits per heavy atom. The third kappa shape index (κ3) is 3.05. The molecule has 0 aromatic heterocycles. The van der Waals surface area contributed by atoms with E-state index < -0.39 is 35.0 Å². The number of nitrogens with one attached hydrogen (secondary N) is 1. The molecule has 4 N–H and O–H groups in total. The molecule has 22 heavy (non-hydrogen) atoms. The van der Waals surface area contributed by atoms with E-state index >= 15 is 0 Å². The molecule has 8 nitrogen and oxygen atoms in total. The average molecular weight is 329 g/mol. The van der Waals surface area contributed by atoms with Crippen molar-refractivity contribution in [1.29, 1.82) is 0 Å². The molecule has 1 saturated heterocycles. The van der Waals surface area contributed by atoms with Gasteiger partial charge in [-0.1, -0.05) is 0 Å². The SMILES string of the molecule is CC(C)(C)OC(=O)NC1C(=O)N2C(C(=O)O)=C(CN)CS[C@H]12. The van der Waals surface area contributed by atoms with Crippen molar-refractivity contribution < 1.29 is 24.2 Å². The number of hydrogen-bond acceptors (Lipinski definition) is 6. The van der Waals surface area contributed by atoms with Crippen molar-refractivity contribution in [3.8, 4) is 0 Å². The third-order valence-corrected chi connectivity index (χ3v) is 4.51. The number of aliphatic carboxylic acids is 1. The van der Waals surface area contributed by atoms with E-state index in [1.54, 1.807) is 20.8 Å². The number of nitrogens with zero attached hydrogens (tertiary/aromatic N) is 1. The summed E-state index contributed by atoms with van der Waals surface area (Å²) >= 11 is 1.37. The number of β-lactam (4-membered cyclic amide) rings is 1. The van der Waals surface area contributed by atoms with Crippen molar-refractivity contribution in [2.24, 2.45) is 5.73 Å². The van der Waals surface area contributed by atoms with E-state index in [0.717, 1.165) is 0 Å². The summed E-state index contributed by atoms with van der Waals surface area (Å²) < 4.78 is 5.11. The first-order chi connectivity index (χ1) is 10.2. The fourth-order valence-corrected chi connectivity index (χ4v) is 3.64. The van der Waals surface area contributed by atoms with E-state index in [-0.39, 0.29) is 12.2 Å². The van der Waals surface area contributed by atoms with Gasteiger partial charge in [-0.25, -0.2) is 9.59 Å². The van der Waals surface area contributed by atoms with Gasteiger partial charge >= 0.3 is 12.1 Å². The van der Waals surface area contributed by atoms with Crippen LogP contribution in [0.25, 0.3) is 0 Å². The van der Waals surface area contributed by atoms with Crippen LogP contribution in [0.15, 0.2) is 11.3 Å². The molecule has 2 atom stereocenters. The summed E-state index contributed by atoms with van der Waals surface area (Å²) in [5.41, 5.74) is 5.30. The maximum Gasteiger partial charge on any atom is 0.408 e. The molecule has 9 heteroatoms. The van der Waals surface area contributed by atoms with E-state index in [2.05, 4.69) is 5.32 Å². The molecule has 1 fully saturated rings. The summed E-state index contributed by atoms with van der Waals surface area (Å²) in [5, 5.41) is 11.3. The minimum atomic E-state index is -1.19. The molecular weight excluding hydrogens is 310 g/mol. The number of ether oxygens (including phenoxy) is 1. The molecule has 2 aliphatic rings. The Kier molecular flexibility index (Phi) is 4.39. The Bertz CT molecular complexity index is 554. The summed E-state index contributed by atoms with van der Waals surface area (Å²) in [5.74, 6) is -1.24. The number of nitrogens with two attached hydrogens (primary N) is 1. The van der Waals surface area contributed by atoms with Crippen LogP contribution < -0.4 is 11.1 Å². The van der Waals surface area contributed by atoms with Crippen molar-refractivity contribution in [1.82, 2.24) is 10.2 Å². The van der Waals surface area contributed by atoms with Gasteiger partial charge in [0.2, 0.25) is 0 Å². The Morgan fingerprint density at radius 2 is 2.14 bits per heavy atom. The van der Waals surface area contributed by atoms with E-state index in [0.29, 0.717) is 11.3 Å². The van der Waals surface area contributed by atoms with Crippen LogP contribution in [0.4, 0.5) is 4.79 Å². The summed E-state index contributed by atoms with van der Waals surface area (Å²) in [6, 6.07) is -0.784. The number of amides is 2. The van der Waals surface area contributed by atoms with Crippen LogP contribution >= 0.6 is 11.8 Å². The summed E-state index contributed by atoms with van der Waals surface area (Å²) in [4.78, 5) is 36.5. The first-order valence-electron chi connectivity index (χ1n) is 6.75. The van der Waals surface area contributed by atoms with Crippen LogP contribution in [0.1, 0.15) is 20.8 Å². The number of carboxylic acid groups (broad SMARTS) is 1. The fourth-order valence-electron chi connectivity index (χ4n) is 2.27. The van der Waals surface area contributed by atoms with Gasteiger partial charge in [0.05, 0.1) is 0 Å². The molecule has 0 aliphatic carbocycles. The number of carboxylic acids is 1. The van der Waals surface area contributed by atoms with Crippen LogP contribution in [-0.4, -0.2) is 57.3 Å². The summed E-state index contributed by atoms with van der Waals surface area (Å²) in [6.07, 6.45) is -0.698. The van der Waals surface area contributed by atoms with Crippen molar-refractivity contribution in [3.05, 3.63) is 11.3 Å². The quantitative estimate of drug-likeness (QED) is 0.627. The molecule has 0 saturated carbocycles. The number of hydrogen-bond donors (Lipinski definition) is 3. The highest BCUT2D eigenvalue weighted by molar-refractivity contribution is 8.00. The van der Waals surface area contributed by atoms with Gasteiger partial charge in [-0.15, -0.1) is 11.8 Å². The zero-order valence-electron chi connectivity index (χ0n) is 12.6. The van der Waals surface area contributed by atoms with Gasteiger partial charge in [-0.2, -0.15) is 0 Å². The Hall–Kier alpha value is -1.74. The molecule has 122 valence electrons. The van der Waals surface area contributed by atoms with Crippen molar-refractivity contribution in [2.75, 3.05) is 12.3 Å². The van der Waals surface area contributed by atoms with Crippen molar-refractivity contribution >= 4 is 29.7 Å². The fraction of sp³-hybridized carbons (Fsp3) is 0.615. The minimum absolute atomic E-state index is 0.0708. The molecule has 0 spiro atoms. The monoisotopic (exact) mass is 329 g/mol. The number of thioether (sulfide) groups is 1. The molecule has 0 radical (unpaired) electrons. The van der Waals surface area contributed by atoms with Crippen molar-refractivity contribution in [3.63, 3.8) is 0 Å². The predicted octanol–water partition coefficient (Wildman–Crippen LogP) is 0.0922. The van der Waals surface area contributed by atoms with Gasteiger partial charge in [-0.3, -0.25) is 9.69 Å². The standard InChI is InChI=1S/C13H19N3O5S/c1-13(2,3)21-12(20)15-7-9(17)16-8(11(18)19)6(4-14)5-22-10(7)16/h7,10H,4-5,14H2,1-3H3,(H,15,20)(H,18,19)/t7?,10-/m1/s1.